The average Bonchev–Trinajstić information content (AvgIpc) is 2.69. The first-order valence-electron chi connectivity index (χ1n) is 6.81. The van der Waals surface area contributed by atoms with Crippen LogP contribution in [0.5, 0.6) is 11.5 Å². The van der Waals surface area contributed by atoms with Crippen LogP contribution < -0.4 is 14.8 Å². The molecule has 0 aliphatic carbocycles. The minimum Gasteiger partial charge on any atom is -0.490 e. The molecule has 0 aromatic heterocycles. The molecule has 0 radical (unpaired) electrons. The summed E-state index contributed by atoms with van der Waals surface area (Å²) in [5, 5.41) is 11.7. The number of carbonyl (C=O) groups is 2. The lowest BCUT2D eigenvalue weighted by molar-refractivity contribution is -0.146. The average molecular weight is 293 g/mol. The molecule has 0 spiro atoms. The molecule has 1 heterocycles. The fourth-order valence-corrected chi connectivity index (χ4v) is 1.78. The van der Waals surface area contributed by atoms with Gasteiger partial charge in [0, 0.05) is 18.5 Å². The molecule has 0 atom stereocenters. The van der Waals surface area contributed by atoms with Crippen LogP contribution in [0.25, 0.3) is 0 Å². The first-order valence-corrected chi connectivity index (χ1v) is 6.81. The van der Waals surface area contributed by atoms with E-state index in [1.165, 1.54) is 0 Å². The molecular formula is C15H19NO5. The molecule has 2 rings (SSSR count). The van der Waals surface area contributed by atoms with Crippen molar-refractivity contribution < 1.29 is 24.2 Å². The minimum atomic E-state index is -1.01. The Hall–Kier alpha value is -2.24. The normalized spacial score (nSPS) is 14.2. The Bertz CT molecular complexity index is 553. The van der Waals surface area contributed by atoms with E-state index in [0.717, 1.165) is 6.42 Å². The van der Waals surface area contributed by atoms with Gasteiger partial charge in [-0.05, 0) is 32.0 Å². The van der Waals surface area contributed by atoms with Crippen LogP contribution in [-0.2, 0) is 4.79 Å². The summed E-state index contributed by atoms with van der Waals surface area (Å²) >= 11 is 0. The van der Waals surface area contributed by atoms with Crippen LogP contribution in [0.15, 0.2) is 18.2 Å². The zero-order chi connectivity index (χ0) is 15.5. The van der Waals surface area contributed by atoms with Gasteiger partial charge >= 0.3 is 5.97 Å². The van der Waals surface area contributed by atoms with E-state index in [4.69, 9.17) is 14.6 Å². The quantitative estimate of drug-likeness (QED) is 0.882. The number of ether oxygens (including phenoxy) is 2. The number of rotatable bonds is 4. The van der Waals surface area contributed by atoms with E-state index in [0.29, 0.717) is 30.3 Å². The Morgan fingerprint density at radius 1 is 1.24 bits per heavy atom. The number of fused-ring (bicyclic) bond motifs is 1. The van der Waals surface area contributed by atoms with Crippen molar-refractivity contribution in [3.8, 4) is 11.5 Å². The fourth-order valence-electron chi connectivity index (χ4n) is 1.78. The van der Waals surface area contributed by atoms with Gasteiger partial charge in [0.2, 0.25) is 0 Å². The number of hydrogen-bond donors (Lipinski definition) is 2. The number of carboxylic acids is 1. The van der Waals surface area contributed by atoms with Crippen LogP contribution in [0.1, 0.15) is 30.6 Å². The molecule has 1 aliphatic heterocycles. The van der Waals surface area contributed by atoms with Crippen molar-refractivity contribution in [2.75, 3.05) is 19.8 Å². The van der Waals surface area contributed by atoms with E-state index in [2.05, 4.69) is 5.32 Å². The SMILES string of the molecule is CC(C)(CNC(=O)c1ccc2c(c1)OCCCO2)C(=O)O. The minimum absolute atomic E-state index is 0.0512. The van der Waals surface area contributed by atoms with Crippen molar-refractivity contribution in [2.24, 2.45) is 5.41 Å². The lowest BCUT2D eigenvalue weighted by Gasteiger charge is -2.19. The van der Waals surface area contributed by atoms with Gasteiger partial charge in [-0.2, -0.15) is 0 Å². The van der Waals surface area contributed by atoms with E-state index in [1.807, 2.05) is 0 Å². The van der Waals surface area contributed by atoms with Gasteiger partial charge in [-0.3, -0.25) is 9.59 Å². The number of carboxylic acid groups (broad SMARTS) is 1. The Kier molecular flexibility index (Phi) is 4.35. The molecule has 0 saturated carbocycles. The van der Waals surface area contributed by atoms with E-state index >= 15 is 0 Å². The predicted molar refractivity (Wildman–Crippen MR) is 75.8 cm³/mol. The van der Waals surface area contributed by atoms with Gasteiger partial charge in [-0.1, -0.05) is 0 Å². The topological polar surface area (TPSA) is 84.9 Å². The molecule has 6 nitrogen and oxygen atoms in total. The second kappa shape index (κ2) is 6.03. The molecule has 0 bridgehead atoms. The van der Waals surface area contributed by atoms with E-state index < -0.39 is 11.4 Å². The third-order valence-corrected chi connectivity index (χ3v) is 3.28. The summed E-state index contributed by atoms with van der Waals surface area (Å²) in [6.45, 7) is 4.30. The molecule has 1 aromatic rings. The van der Waals surface area contributed by atoms with Crippen molar-refractivity contribution in [2.45, 2.75) is 20.3 Å². The van der Waals surface area contributed by atoms with Crippen LogP contribution in [0.4, 0.5) is 0 Å². The number of aliphatic carboxylic acids is 1. The maximum absolute atomic E-state index is 12.1. The summed E-state index contributed by atoms with van der Waals surface area (Å²) in [7, 11) is 0. The molecular weight excluding hydrogens is 274 g/mol. The van der Waals surface area contributed by atoms with Gasteiger partial charge in [-0.15, -0.1) is 0 Å². The molecule has 114 valence electrons. The molecule has 2 N–H and O–H groups in total. The molecule has 0 saturated heterocycles. The molecule has 0 unspecified atom stereocenters. The highest BCUT2D eigenvalue weighted by Crippen LogP contribution is 2.30. The largest absolute Gasteiger partial charge is 0.490 e. The molecule has 21 heavy (non-hydrogen) atoms. The zero-order valence-electron chi connectivity index (χ0n) is 12.1. The Labute approximate surface area is 123 Å². The number of carbonyl (C=O) groups excluding carboxylic acids is 1. The van der Waals surface area contributed by atoms with Crippen molar-refractivity contribution >= 4 is 11.9 Å². The smallest absolute Gasteiger partial charge is 0.310 e. The first-order chi connectivity index (χ1) is 9.90. The summed E-state index contributed by atoms with van der Waals surface area (Å²) in [6.07, 6.45) is 0.795. The van der Waals surface area contributed by atoms with Crippen LogP contribution in [-0.4, -0.2) is 36.7 Å². The summed E-state index contributed by atoms with van der Waals surface area (Å²) < 4.78 is 11.0. The Balaban J connectivity index is 2.06. The van der Waals surface area contributed by atoms with Crippen LogP contribution in [0, 0.1) is 5.41 Å². The highest BCUT2D eigenvalue weighted by molar-refractivity contribution is 5.95. The van der Waals surface area contributed by atoms with Crippen molar-refractivity contribution in [1.29, 1.82) is 0 Å². The third kappa shape index (κ3) is 3.65. The van der Waals surface area contributed by atoms with Crippen molar-refractivity contribution in [1.82, 2.24) is 5.32 Å². The Morgan fingerprint density at radius 3 is 2.57 bits per heavy atom. The van der Waals surface area contributed by atoms with Crippen LogP contribution in [0.3, 0.4) is 0 Å². The highest BCUT2D eigenvalue weighted by atomic mass is 16.5. The summed E-state index contributed by atoms with van der Waals surface area (Å²) in [5.74, 6) is -0.131. The number of amides is 1. The molecule has 6 heteroatoms. The number of hydrogen-bond acceptors (Lipinski definition) is 4. The number of nitrogens with one attached hydrogen (secondary N) is 1. The van der Waals surface area contributed by atoms with Gasteiger partial charge in [0.15, 0.2) is 11.5 Å². The highest BCUT2D eigenvalue weighted by Gasteiger charge is 2.27. The second-order valence-corrected chi connectivity index (χ2v) is 5.58. The van der Waals surface area contributed by atoms with E-state index in [-0.39, 0.29) is 12.5 Å². The zero-order valence-corrected chi connectivity index (χ0v) is 12.1. The van der Waals surface area contributed by atoms with Crippen molar-refractivity contribution in [3.63, 3.8) is 0 Å². The van der Waals surface area contributed by atoms with Crippen molar-refractivity contribution in [3.05, 3.63) is 23.8 Å². The van der Waals surface area contributed by atoms with Gasteiger partial charge in [0.25, 0.3) is 5.91 Å². The lowest BCUT2D eigenvalue weighted by atomic mass is 9.94. The first kappa shape index (κ1) is 15.2. The summed E-state index contributed by atoms with van der Waals surface area (Å²) in [5.41, 5.74) is -0.596. The van der Waals surface area contributed by atoms with Gasteiger partial charge < -0.3 is 19.9 Å². The van der Waals surface area contributed by atoms with Crippen LogP contribution >= 0.6 is 0 Å². The summed E-state index contributed by atoms with van der Waals surface area (Å²) in [4.78, 5) is 23.1. The van der Waals surface area contributed by atoms with Gasteiger partial charge in [0.05, 0.1) is 18.6 Å². The standard InChI is InChI=1S/C15H19NO5/c1-15(2,14(18)19)9-16-13(17)10-4-5-11-12(8-10)21-7-3-6-20-11/h4-5,8H,3,6-7,9H2,1-2H3,(H,16,17)(H,18,19). The van der Waals surface area contributed by atoms with Crippen LogP contribution in [0.2, 0.25) is 0 Å². The second-order valence-electron chi connectivity index (χ2n) is 5.58. The van der Waals surface area contributed by atoms with Gasteiger partial charge in [0.1, 0.15) is 0 Å². The maximum Gasteiger partial charge on any atom is 0.310 e. The molecule has 1 amide bonds. The lowest BCUT2D eigenvalue weighted by Crippen LogP contribution is -2.38. The molecule has 1 aromatic carbocycles. The van der Waals surface area contributed by atoms with E-state index in [9.17, 15) is 9.59 Å². The van der Waals surface area contributed by atoms with E-state index in [1.54, 1.807) is 32.0 Å². The molecule has 1 aliphatic rings. The monoisotopic (exact) mass is 293 g/mol. The summed E-state index contributed by atoms with van der Waals surface area (Å²) in [6, 6.07) is 4.94. The van der Waals surface area contributed by atoms with Gasteiger partial charge in [-0.25, -0.2) is 0 Å². The fraction of sp³-hybridized carbons (Fsp3) is 0.467. The molecule has 0 fully saturated rings. The predicted octanol–water partition coefficient (Wildman–Crippen LogP) is 1.69. The Morgan fingerprint density at radius 2 is 1.90 bits per heavy atom. The number of benzene rings is 1. The maximum atomic E-state index is 12.1. The third-order valence-electron chi connectivity index (χ3n) is 3.28.